The lowest BCUT2D eigenvalue weighted by atomic mass is 10.0. The summed E-state index contributed by atoms with van der Waals surface area (Å²) in [4.78, 5) is 0. The molecule has 21 heavy (non-hydrogen) atoms. The van der Waals surface area contributed by atoms with E-state index in [-0.39, 0.29) is 0 Å². The Morgan fingerprint density at radius 2 is 2.05 bits per heavy atom. The average molecular weight is 308 g/mol. The molecule has 2 rings (SSSR count). The third-order valence-electron chi connectivity index (χ3n) is 4.36. The van der Waals surface area contributed by atoms with E-state index in [4.69, 9.17) is 4.74 Å². The minimum Gasteiger partial charge on any atom is -0.497 e. The van der Waals surface area contributed by atoms with Gasteiger partial charge in [-0.15, -0.1) is 0 Å². The Labute approximate surface area is 134 Å². The number of rotatable bonds is 8. The SMILES string of the molecule is CCSC1CCCC1NC(C)CCc1ccc(OC)cc1. The fraction of sp³-hybridized carbons (Fsp3) is 0.667. The molecule has 0 bridgehead atoms. The van der Waals surface area contributed by atoms with Gasteiger partial charge in [0.2, 0.25) is 0 Å². The van der Waals surface area contributed by atoms with Gasteiger partial charge in [-0.3, -0.25) is 0 Å². The molecule has 0 spiro atoms. The highest BCUT2D eigenvalue weighted by atomic mass is 32.2. The van der Waals surface area contributed by atoms with E-state index in [1.165, 1.54) is 37.0 Å². The van der Waals surface area contributed by atoms with Gasteiger partial charge in [-0.2, -0.15) is 11.8 Å². The molecule has 0 amide bonds. The lowest BCUT2D eigenvalue weighted by molar-refractivity contribution is 0.414. The molecule has 1 aromatic carbocycles. The van der Waals surface area contributed by atoms with Gasteiger partial charge in [0.15, 0.2) is 0 Å². The Balaban J connectivity index is 1.74. The predicted molar refractivity (Wildman–Crippen MR) is 93.5 cm³/mol. The highest BCUT2D eigenvalue weighted by Gasteiger charge is 2.27. The third-order valence-corrected chi connectivity index (χ3v) is 5.68. The van der Waals surface area contributed by atoms with Crippen molar-refractivity contribution in [1.82, 2.24) is 5.32 Å². The summed E-state index contributed by atoms with van der Waals surface area (Å²) in [5.74, 6) is 2.18. The molecule has 0 saturated heterocycles. The number of hydrogen-bond acceptors (Lipinski definition) is 3. The Morgan fingerprint density at radius 3 is 2.71 bits per heavy atom. The van der Waals surface area contributed by atoms with E-state index in [2.05, 4.69) is 55.2 Å². The minimum absolute atomic E-state index is 0.593. The molecule has 0 heterocycles. The summed E-state index contributed by atoms with van der Waals surface area (Å²) in [6.45, 7) is 4.60. The molecular weight excluding hydrogens is 278 g/mol. The van der Waals surface area contributed by atoms with Gasteiger partial charge in [0.1, 0.15) is 5.75 Å². The van der Waals surface area contributed by atoms with Crippen LogP contribution in [0.25, 0.3) is 0 Å². The molecule has 0 aromatic heterocycles. The van der Waals surface area contributed by atoms with Crippen LogP contribution in [-0.4, -0.2) is 30.2 Å². The molecule has 1 fully saturated rings. The summed E-state index contributed by atoms with van der Waals surface area (Å²) in [5, 5.41) is 4.69. The van der Waals surface area contributed by atoms with Crippen LogP contribution in [0.4, 0.5) is 0 Å². The topological polar surface area (TPSA) is 21.3 Å². The van der Waals surface area contributed by atoms with Crippen molar-refractivity contribution in [3.63, 3.8) is 0 Å². The molecular formula is C18H29NOS. The molecule has 0 aliphatic heterocycles. The second-order valence-corrected chi connectivity index (χ2v) is 7.50. The van der Waals surface area contributed by atoms with Crippen LogP contribution in [0.1, 0.15) is 45.1 Å². The number of ether oxygens (including phenoxy) is 1. The first-order valence-electron chi connectivity index (χ1n) is 8.23. The number of aryl methyl sites for hydroxylation is 1. The first kappa shape index (κ1) is 16.7. The number of thioether (sulfide) groups is 1. The molecule has 3 heteroatoms. The molecule has 118 valence electrons. The van der Waals surface area contributed by atoms with Gasteiger partial charge in [0, 0.05) is 17.3 Å². The maximum absolute atomic E-state index is 5.20. The summed E-state index contributed by atoms with van der Waals surface area (Å²) < 4.78 is 5.20. The zero-order valence-electron chi connectivity index (χ0n) is 13.6. The van der Waals surface area contributed by atoms with Gasteiger partial charge in [0.05, 0.1) is 7.11 Å². The predicted octanol–water partition coefficient (Wildman–Crippen LogP) is 4.28. The van der Waals surface area contributed by atoms with Crippen LogP contribution in [0.5, 0.6) is 5.75 Å². The highest BCUT2D eigenvalue weighted by Crippen LogP contribution is 2.30. The summed E-state index contributed by atoms with van der Waals surface area (Å²) in [6, 6.07) is 9.78. The minimum atomic E-state index is 0.593. The second-order valence-electron chi connectivity index (χ2n) is 5.99. The summed E-state index contributed by atoms with van der Waals surface area (Å²) in [7, 11) is 1.72. The summed E-state index contributed by atoms with van der Waals surface area (Å²) in [6.07, 6.45) is 6.47. The molecule has 1 aliphatic carbocycles. The van der Waals surface area contributed by atoms with Crippen LogP contribution >= 0.6 is 11.8 Å². The van der Waals surface area contributed by atoms with Gasteiger partial charge in [0.25, 0.3) is 0 Å². The molecule has 2 nitrogen and oxygen atoms in total. The van der Waals surface area contributed by atoms with Crippen molar-refractivity contribution in [2.24, 2.45) is 0 Å². The van der Waals surface area contributed by atoms with Gasteiger partial charge < -0.3 is 10.1 Å². The smallest absolute Gasteiger partial charge is 0.118 e. The van der Waals surface area contributed by atoms with Crippen LogP contribution in [0, 0.1) is 0 Å². The van der Waals surface area contributed by atoms with E-state index in [1.807, 2.05) is 0 Å². The Kier molecular flexibility index (Phi) is 6.91. The molecule has 0 radical (unpaired) electrons. The van der Waals surface area contributed by atoms with Crippen molar-refractivity contribution in [3.05, 3.63) is 29.8 Å². The van der Waals surface area contributed by atoms with Gasteiger partial charge in [-0.1, -0.05) is 25.5 Å². The maximum atomic E-state index is 5.20. The summed E-state index contributed by atoms with van der Waals surface area (Å²) >= 11 is 2.13. The summed E-state index contributed by atoms with van der Waals surface area (Å²) in [5.41, 5.74) is 1.40. The number of hydrogen-bond donors (Lipinski definition) is 1. The van der Waals surface area contributed by atoms with Gasteiger partial charge in [-0.05, 0) is 56.1 Å². The van der Waals surface area contributed by atoms with E-state index in [0.29, 0.717) is 6.04 Å². The zero-order valence-corrected chi connectivity index (χ0v) is 14.4. The maximum Gasteiger partial charge on any atom is 0.118 e. The molecule has 1 N–H and O–H groups in total. The molecule has 3 unspecified atom stereocenters. The van der Waals surface area contributed by atoms with Gasteiger partial charge >= 0.3 is 0 Å². The molecule has 1 aromatic rings. The van der Waals surface area contributed by atoms with Crippen LogP contribution < -0.4 is 10.1 Å². The first-order valence-corrected chi connectivity index (χ1v) is 9.28. The molecule has 3 atom stereocenters. The van der Waals surface area contributed by atoms with Crippen molar-refractivity contribution in [2.45, 2.75) is 63.3 Å². The van der Waals surface area contributed by atoms with E-state index in [9.17, 15) is 0 Å². The van der Waals surface area contributed by atoms with Crippen LogP contribution in [0.2, 0.25) is 0 Å². The normalized spacial score (nSPS) is 23.2. The Hall–Kier alpha value is -0.670. The van der Waals surface area contributed by atoms with Crippen molar-refractivity contribution in [2.75, 3.05) is 12.9 Å². The molecule has 1 saturated carbocycles. The lowest BCUT2D eigenvalue weighted by Gasteiger charge is -2.24. The first-order chi connectivity index (χ1) is 10.2. The number of benzene rings is 1. The average Bonchev–Trinajstić information content (AvgIpc) is 2.93. The largest absolute Gasteiger partial charge is 0.497 e. The fourth-order valence-corrected chi connectivity index (χ4v) is 4.36. The zero-order chi connectivity index (χ0) is 15.1. The van der Waals surface area contributed by atoms with E-state index in [0.717, 1.165) is 23.5 Å². The monoisotopic (exact) mass is 307 g/mol. The van der Waals surface area contributed by atoms with Crippen molar-refractivity contribution >= 4 is 11.8 Å². The van der Waals surface area contributed by atoms with E-state index in [1.54, 1.807) is 7.11 Å². The molecule has 1 aliphatic rings. The Morgan fingerprint density at radius 1 is 1.29 bits per heavy atom. The van der Waals surface area contributed by atoms with Gasteiger partial charge in [-0.25, -0.2) is 0 Å². The highest BCUT2D eigenvalue weighted by molar-refractivity contribution is 7.99. The number of methoxy groups -OCH3 is 1. The lowest BCUT2D eigenvalue weighted by Crippen LogP contribution is -2.40. The quantitative estimate of drug-likeness (QED) is 0.774. The Bertz CT molecular complexity index is 406. The van der Waals surface area contributed by atoms with E-state index >= 15 is 0 Å². The van der Waals surface area contributed by atoms with Crippen LogP contribution in [0.15, 0.2) is 24.3 Å². The van der Waals surface area contributed by atoms with Crippen LogP contribution in [0.3, 0.4) is 0 Å². The van der Waals surface area contributed by atoms with Crippen molar-refractivity contribution < 1.29 is 4.74 Å². The van der Waals surface area contributed by atoms with Crippen LogP contribution in [-0.2, 0) is 6.42 Å². The number of nitrogens with one attached hydrogen (secondary N) is 1. The third kappa shape index (κ3) is 5.23. The standard InChI is InChI=1S/C18H29NOS/c1-4-21-18-7-5-6-17(18)19-14(2)8-9-15-10-12-16(20-3)13-11-15/h10-14,17-19H,4-9H2,1-3H3. The second kappa shape index (κ2) is 8.70. The van der Waals surface area contributed by atoms with Crippen molar-refractivity contribution in [1.29, 1.82) is 0 Å². The van der Waals surface area contributed by atoms with Crippen molar-refractivity contribution in [3.8, 4) is 5.75 Å². The fourth-order valence-electron chi connectivity index (χ4n) is 3.15. The van der Waals surface area contributed by atoms with E-state index < -0.39 is 0 Å².